The quantitative estimate of drug-likeness (QED) is 0.270. The van der Waals surface area contributed by atoms with Crippen LogP contribution >= 0.6 is 0 Å². The lowest BCUT2D eigenvalue weighted by Gasteiger charge is -2.05. The lowest BCUT2D eigenvalue weighted by molar-refractivity contribution is -0.136. The Hall–Kier alpha value is -4.26. The first-order valence-electron chi connectivity index (χ1n) is 14.1. The zero-order chi connectivity index (χ0) is 28.5. The number of carbonyl (C=O) groups excluding carboxylic acids is 1. The molecule has 0 saturated heterocycles. The van der Waals surface area contributed by atoms with Crippen LogP contribution in [0.3, 0.4) is 0 Å². The van der Waals surface area contributed by atoms with E-state index in [0.717, 1.165) is 84.8 Å². The average Bonchev–Trinajstić information content (AvgIpc) is 3.65. The predicted molar refractivity (Wildman–Crippen MR) is 157 cm³/mol. The van der Waals surface area contributed by atoms with Gasteiger partial charge in [-0.05, 0) is 104 Å². The van der Waals surface area contributed by atoms with Crippen LogP contribution in [0.5, 0.6) is 0 Å². The number of aromatic nitrogens is 4. The van der Waals surface area contributed by atoms with Crippen LogP contribution in [0.15, 0.2) is 0 Å². The normalized spacial score (nSPS) is 13.8. The Labute approximate surface area is 232 Å². The molecule has 40 heavy (non-hydrogen) atoms. The minimum absolute atomic E-state index is 0.0245. The highest BCUT2D eigenvalue weighted by atomic mass is 16.4. The maximum Gasteiger partial charge on any atom is 0.303 e. The molecule has 0 radical (unpaired) electrons. The van der Waals surface area contributed by atoms with Crippen molar-refractivity contribution in [2.75, 3.05) is 0 Å². The Morgan fingerprint density at radius 3 is 2.08 bits per heavy atom. The highest BCUT2D eigenvalue weighted by Crippen LogP contribution is 2.30. The molecule has 1 aliphatic carbocycles. The molecule has 0 fully saturated rings. The number of aliphatic carboxylic acids is 1. The van der Waals surface area contributed by atoms with Gasteiger partial charge in [-0.1, -0.05) is 13.8 Å². The molecule has 0 amide bonds. The maximum atomic E-state index is 13.4. The fourth-order valence-corrected chi connectivity index (χ4v) is 6.72. The van der Waals surface area contributed by atoms with E-state index in [1.54, 1.807) is 0 Å². The molecule has 0 unspecified atom stereocenters. The molecule has 8 bridgehead atoms. The summed E-state index contributed by atoms with van der Waals surface area (Å²) < 4.78 is 0. The van der Waals surface area contributed by atoms with E-state index in [0.29, 0.717) is 6.42 Å². The van der Waals surface area contributed by atoms with Crippen LogP contribution in [0, 0.1) is 27.7 Å². The Morgan fingerprint density at radius 1 is 0.750 bits per heavy atom. The molecule has 0 saturated carbocycles. The molecule has 206 valence electrons. The number of H-pyrrole nitrogens is 4. The van der Waals surface area contributed by atoms with E-state index in [1.165, 1.54) is 22.3 Å². The van der Waals surface area contributed by atoms with Crippen molar-refractivity contribution in [3.63, 3.8) is 0 Å². The Kier molecular flexibility index (Phi) is 6.13. The summed E-state index contributed by atoms with van der Waals surface area (Å²) in [4.78, 5) is 39.5. The third kappa shape index (κ3) is 3.86. The van der Waals surface area contributed by atoms with Crippen molar-refractivity contribution < 1.29 is 14.7 Å². The van der Waals surface area contributed by atoms with Crippen molar-refractivity contribution in [1.29, 1.82) is 0 Å². The van der Waals surface area contributed by atoms with Gasteiger partial charge in [-0.2, -0.15) is 0 Å². The number of ketones is 1. The molecule has 4 aromatic rings. The molecular formula is C33H36N4O3. The molecule has 0 spiro atoms. The first-order chi connectivity index (χ1) is 19.1. The number of aromatic amines is 4. The van der Waals surface area contributed by atoms with Crippen molar-refractivity contribution in [3.8, 4) is 0 Å². The summed E-state index contributed by atoms with van der Waals surface area (Å²) in [6.45, 7) is 12.7. The topological polar surface area (TPSA) is 118 Å². The number of rotatable bonds is 5. The molecule has 6 rings (SSSR count). The number of fused-ring (bicyclic) bond motifs is 8. The minimum Gasteiger partial charge on any atom is -0.481 e. The van der Waals surface area contributed by atoms with Crippen LogP contribution in [-0.2, 0) is 24.1 Å². The van der Waals surface area contributed by atoms with Gasteiger partial charge in [0.15, 0.2) is 5.78 Å². The van der Waals surface area contributed by atoms with Gasteiger partial charge in [0.25, 0.3) is 0 Å². The van der Waals surface area contributed by atoms with Gasteiger partial charge in [-0.15, -0.1) is 0 Å². The number of Topliss-reactive ketones (excluding diaryl/α,β-unsaturated/α-hetero) is 1. The van der Waals surface area contributed by atoms with E-state index >= 15 is 0 Å². The fourth-order valence-electron chi connectivity index (χ4n) is 6.72. The van der Waals surface area contributed by atoms with E-state index in [2.05, 4.69) is 65.9 Å². The second-order valence-electron chi connectivity index (χ2n) is 11.2. The average molecular weight is 537 g/mol. The summed E-state index contributed by atoms with van der Waals surface area (Å²) in [6, 6.07) is 0. The number of nitrogens with one attached hydrogen (secondary N) is 4. The van der Waals surface area contributed by atoms with Crippen LogP contribution in [0.25, 0.3) is 23.8 Å². The molecule has 1 aliphatic heterocycles. The van der Waals surface area contributed by atoms with Crippen LogP contribution in [0.1, 0.15) is 98.8 Å². The van der Waals surface area contributed by atoms with Gasteiger partial charge in [-0.3, -0.25) is 9.59 Å². The largest absolute Gasteiger partial charge is 0.481 e. The molecular weight excluding hydrogens is 500 g/mol. The fraction of sp³-hybridized carbons (Fsp3) is 0.333. The summed E-state index contributed by atoms with van der Waals surface area (Å²) in [6.07, 6.45) is 8.95. The van der Waals surface area contributed by atoms with Crippen molar-refractivity contribution in [2.24, 2.45) is 0 Å². The number of carboxylic acids is 1. The SMILES string of the molecule is CCc1c2[nH]c(c1C)C=c1[nH]c(c(C)c1CC)=Cc1[nH]c(c(CCC(=O)O)c1C)C1=c3[nH]c(c(C)c3C(=O)C1)=C2. The Bertz CT molecular complexity index is 1990. The third-order valence-corrected chi connectivity index (χ3v) is 8.99. The highest BCUT2D eigenvalue weighted by molar-refractivity contribution is 6.08. The molecule has 0 atom stereocenters. The van der Waals surface area contributed by atoms with Crippen molar-refractivity contribution >= 4 is 35.6 Å². The van der Waals surface area contributed by atoms with Gasteiger partial charge in [0.1, 0.15) is 0 Å². The number of carbonyl (C=O) groups is 2. The third-order valence-electron chi connectivity index (χ3n) is 8.99. The smallest absolute Gasteiger partial charge is 0.303 e. The van der Waals surface area contributed by atoms with E-state index in [1.807, 2.05) is 13.8 Å². The second kappa shape index (κ2) is 9.44. The molecule has 5 heterocycles. The zero-order valence-electron chi connectivity index (χ0n) is 24.0. The second-order valence-corrected chi connectivity index (χ2v) is 11.2. The summed E-state index contributed by atoms with van der Waals surface area (Å²) in [7, 11) is 0. The van der Waals surface area contributed by atoms with E-state index in [9.17, 15) is 14.7 Å². The monoisotopic (exact) mass is 536 g/mol. The molecule has 7 heteroatoms. The van der Waals surface area contributed by atoms with E-state index < -0.39 is 5.97 Å². The van der Waals surface area contributed by atoms with Crippen molar-refractivity contribution in [3.05, 3.63) is 88.7 Å². The predicted octanol–water partition coefficient (Wildman–Crippen LogP) is 2.96. The van der Waals surface area contributed by atoms with Gasteiger partial charge in [0, 0.05) is 62.8 Å². The molecule has 7 nitrogen and oxygen atoms in total. The zero-order valence-corrected chi connectivity index (χ0v) is 24.0. The first kappa shape index (κ1) is 26.0. The van der Waals surface area contributed by atoms with Gasteiger partial charge < -0.3 is 25.0 Å². The summed E-state index contributed by atoms with van der Waals surface area (Å²) in [5.41, 5.74) is 13.4. The lowest BCUT2D eigenvalue weighted by Crippen LogP contribution is -2.14. The van der Waals surface area contributed by atoms with Crippen LogP contribution in [-0.4, -0.2) is 36.8 Å². The van der Waals surface area contributed by atoms with Crippen LogP contribution in [0.2, 0.25) is 0 Å². The number of carboxylic acid groups (broad SMARTS) is 1. The van der Waals surface area contributed by atoms with Gasteiger partial charge >= 0.3 is 5.97 Å². The highest BCUT2D eigenvalue weighted by Gasteiger charge is 2.29. The lowest BCUT2D eigenvalue weighted by atomic mass is 9.99. The minimum atomic E-state index is -0.837. The van der Waals surface area contributed by atoms with Crippen molar-refractivity contribution in [1.82, 2.24) is 19.9 Å². The first-order valence-corrected chi connectivity index (χ1v) is 14.1. The van der Waals surface area contributed by atoms with Gasteiger partial charge in [0.05, 0.1) is 5.35 Å². The van der Waals surface area contributed by atoms with E-state index in [4.69, 9.17) is 0 Å². The van der Waals surface area contributed by atoms with Gasteiger partial charge in [0.2, 0.25) is 0 Å². The molecule has 0 aromatic carbocycles. The molecule has 4 aromatic heterocycles. The Morgan fingerprint density at radius 2 is 1.38 bits per heavy atom. The van der Waals surface area contributed by atoms with Crippen LogP contribution in [0.4, 0.5) is 0 Å². The summed E-state index contributed by atoms with van der Waals surface area (Å²) in [5.74, 6) is -0.747. The van der Waals surface area contributed by atoms with Crippen LogP contribution < -0.4 is 21.4 Å². The summed E-state index contributed by atoms with van der Waals surface area (Å²) >= 11 is 0. The Balaban J connectivity index is 1.77. The number of hydrogen-bond donors (Lipinski definition) is 5. The molecule has 5 N–H and O–H groups in total. The van der Waals surface area contributed by atoms with E-state index in [-0.39, 0.29) is 18.6 Å². The summed E-state index contributed by atoms with van der Waals surface area (Å²) in [5, 5.41) is 13.4. The van der Waals surface area contributed by atoms with Gasteiger partial charge in [-0.25, -0.2) is 0 Å². The maximum absolute atomic E-state index is 13.4. The number of hydrogen-bond acceptors (Lipinski definition) is 2. The van der Waals surface area contributed by atoms with Crippen molar-refractivity contribution in [2.45, 2.75) is 73.6 Å². The standard InChI is InChI=1S/C33H36N4O3/c1-7-19-15(3)23-12-25-17(5)21(9-10-30(39)40)32(36-25)22-11-29(38)31-18(6)26(37-33(22)31)14-28-20(8-2)16(4)24(35-28)13-27(19)34-23/h12-14,34-37H,7-11H2,1-6H3,(H,39,40). The molecule has 2 aliphatic rings.